The molecule has 1 unspecified atom stereocenters. The molecule has 0 saturated carbocycles. The first-order chi connectivity index (χ1) is 10.2. The zero-order valence-electron chi connectivity index (χ0n) is 11.8. The SMILES string of the molecule is CCOc1ccccc1C(Cc1ccc(Br)cc1F)NN. The van der Waals surface area contributed by atoms with Crippen LogP contribution in [0.3, 0.4) is 0 Å². The van der Waals surface area contributed by atoms with E-state index in [1.54, 1.807) is 6.07 Å². The third-order valence-corrected chi connectivity index (χ3v) is 3.73. The summed E-state index contributed by atoms with van der Waals surface area (Å²) in [6.07, 6.45) is 0.444. The highest BCUT2D eigenvalue weighted by molar-refractivity contribution is 9.10. The second kappa shape index (κ2) is 7.54. The van der Waals surface area contributed by atoms with E-state index < -0.39 is 0 Å². The average Bonchev–Trinajstić information content (AvgIpc) is 2.48. The molecular weight excluding hydrogens is 335 g/mol. The Labute approximate surface area is 132 Å². The minimum atomic E-state index is -0.251. The molecule has 0 aliphatic carbocycles. The lowest BCUT2D eigenvalue weighted by atomic mass is 9.98. The maximum absolute atomic E-state index is 14.0. The first-order valence-corrected chi connectivity index (χ1v) is 7.56. The maximum atomic E-state index is 14.0. The highest BCUT2D eigenvalue weighted by atomic mass is 79.9. The van der Waals surface area contributed by atoms with Crippen LogP contribution in [0, 0.1) is 5.82 Å². The van der Waals surface area contributed by atoms with Crippen LogP contribution < -0.4 is 16.0 Å². The van der Waals surface area contributed by atoms with Crippen molar-refractivity contribution < 1.29 is 9.13 Å². The van der Waals surface area contributed by atoms with Gasteiger partial charge in [-0.25, -0.2) is 4.39 Å². The summed E-state index contributed by atoms with van der Waals surface area (Å²) >= 11 is 3.26. The van der Waals surface area contributed by atoms with Gasteiger partial charge in [-0.2, -0.15) is 0 Å². The summed E-state index contributed by atoms with van der Waals surface area (Å²) in [7, 11) is 0. The molecule has 0 radical (unpaired) electrons. The van der Waals surface area contributed by atoms with Crippen LogP contribution in [-0.2, 0) is 6.42 Å². The summed E-state index contributed by atoms with van der Waals surface area (Å²) < 4.78 is 20.3. The van der Waals surface area contributed by atoms with Crippen LogP contribution in [0.4, 0.5) is 4.39 Å². The van der Waals surface area contributed by atoms with Crippen molar-refractivity contribution in [2.45, 2.75) is 19.4 Å². The van der Waals surface area contributed by atoms with Crippen molar-refractivity contribution in [1.29, 1.82) is 0 Å². The van der Waals surface area contributed by atoms with E-state index in [2.05, 4.69) is 21.4 Å². The number of benzene rings is 2. The number of hydrogen-bond acceptors (Lipinski definition) is 3. The number of rotatable bonds is 6. The van der Waals surface area contributed by atoms with Gasteiger partial charge in [0.25, 0.3) is 0 Å². The van der Waals surface area contributed by atoms with E-state index in [4.69, 9.17) is 10.6 Å². The molecule has 0 bridgehead atoms. The Morgan fingerprint density at radius 1 is 1.29 bits per heavy atom. The minimum Gasteiger partial charge on any atom is -0.494 e. The number of para-hydroxylation sites is 1. The monoisotopic (exact) mass is 352 g/mol. The molecule has 0 aromatic heterocycles. The molecule has 0 saturated heterocycles. The lowest BCUT2D eigenvalue weighted by Crippen LogP contribution is -2.30. The average molecular weight is 353 g/mol. The topological polar surface area (TPSA) is 47.3 Å². The van der Waals surface area contributed by atoms with Crippen molar-refractivity contribution >= 4 is 15.9 Å². The van der Waals surface area contributed by atoms with Gasteiger partial charge >= 0.3 is 0 Å². The van der Waals surface area contributed by atoms with Crippen LogP contribution in [0.5, 0.6) is 5.75 Å². The Morgan fingerprint density at radius 2 is 2.05 bits per heavy atom. The molecule has 0 aliphatic rings. The van der Waals surface area contributed by atoms with Gasteiger partial charge in [-0.1, -0.05) is 40.2 Å². The Kier molecular flexibility index (Phi) is 5.73. The zero-order chi connectivity index (χ0) is 15.2. The molecule has 0 amide bonds. The summed E-state index contributed by atoms with van der Waals surface area (Å²) in [5.41, 5.74) is 4.27. The lowest BCUT2D eigenvalue weighted by molar-refractivity contribution is 0.331. The van der Waals surface area contributed by atoms with Crippen LogP contribution in [0.2, 0.25) is 0 Å². The molecule has 3 nitrogen and oxygen atoms in total. The van der Waals surface area contributed by atoms with Crippen molar-refractivity contribution in [1.82, 2.24) is 5.43 Å². The number of halogens is 2. The molecule has 2 aromatic carbocycles. The highest BCUT2D eigenvalue weighted by Crippen LogP contribution is 2.28. The number of hydrogen-bond donors (Lipinski definition) is 2. The molecule has 2 rings (SSSR count). The fraction of sp³-hybridized carbons (Fsp3) is 0.250. The summed E-state index contributed by atoms with van der Waals surface area (Å²) in [6, 6.07) is 12.5. The van der Waals surface area contributed by atoms with Crippen molar-refractivity contribution in [3.8, 4) is 5.75 Å². The van der Waals surface area contributed by atoms with Gasteiger partial charge in [0.15, 0.2) is 0 Å². The van der Waals surface area contributed by atoms with E-state index >= 15 is 0 Å². The van der Waals surface area contributed by atoms with Gasteiger partial charge in [-0.3, -0.25) is 11.3 Å². The standard InChI is InChI=1S/C16H18BrFN2O/c1-2-21-16-6-4-3-5-13(16)15(20-19)9-11-7-8-12(17)10-14(11)18/h3-8,10,15,20H,2,9,19H2,1H3. The van der Waals surface area contributed by atoms with E-state index in [-0.39, 0.29) is 11.9 Å². The number of nitrogens with one attached hydrogen (secondary N) is 1. The lowest BCUT2D eigenvalue weighted by Gasteiger charge is -2.20. The highest BCUT2D eigenvalue weighted by Gasteiger charge is 2.17. The first kappa shape index (κ1) is 15.9. The molecular formula is C16H18BrFN2O. The minimum absolute atomic E-state index is 0.219. The molecule has 112 valence electrons. The third-order valence-electron chi connectivity index (χ3n) is 3.23. The van der Waals surface area contributed by atoms with Crippen molar-refractivity contribution in [3.63, 3.8) is 0 Å². The molecule has 1 atom stereocenters. The van der Waals surface area contributed by atoms with Gasteiger partial charge in [0, 0.05) is 10.0 Å². The summed E-state index contributed by atoms with van der Waals surface area (Å²) in [5, 5.41) is 0. The number of hydrazine groups is 1. The fourth-order valence-electron chi connectivity index (χ4n) is 2.22. The second-order valence-electron chi connectivity index (χ2n) is 4.63. The van der Waals surface area contributed by atoms with Crippen LogP contribution in [-0.4, -0.2) is 6.61 Å². The first-order valence-electron chi connectivity index (χ1n) is 6.77. The second-order valence-corrected chi connectivity index (χ2v) is 5.55. The molecule has 0 aliphatic heterocycles. The van der Waals surface area contributed by atoms with Crippen LogP contribution in [0.15, 0.2) is 46.9 Å². The van der Waals surface area contributed by atoms with E-state index in [1.807, 2.05) is 37.3 Å². The number of ether oxygens (including phenoxy) is 1. The Bertz CT molecular complexity index is 607. The Balaban J connectivity index is 2.27. The quantitative estimate of drug-likeness (QED) is 0.615. The molecule has 5 heteroatoms. The Hall–Kier alpha value is -1.43. The Morgan fingerprint density at radius 3 is 2.71 bits per heavy atom. The largest absolute Gasteiger partial charge is 0.494 e. The predicted molar refractivity (Wildman–Crippen MR) is 85.5 cm³/mol. The van der Waals surface area contributed by atoms with Crippen LogP contribution >= 0.6 is 15.9 Å². The van der Waals surface area contributed by atoms with Crippen molar-refractivity contribution in [2.24, 2.45) is 5.84 Å². The van der Waals surface area contributed by atoms with Gasteiger partial charge in [0.1, 0.15) is 11.6 Å². The van der Waals surface area contributed by atoms with Gasteiger partial charge in [0.05, 0.1) is 12.6 Å². The number of nitrogens with two attached hydrogens (primary N) is 1. The maximum Gasteiger partial charge on any atom is 0.127 e. The van der Waals surface area contributed by atoms with Gasteiger partial charge in [-0.15, -0.1) is 0 Å². The van der Waals surface area contributed by atoms with Gasteiger partial charge in [0.2, 0.25) is 0 Å². The molecule has 21 heavy (non-hydrogen) atoms. The predicted octanol–water partition coefficient (Wildman–Crippen LogP) is 3.73. The van der Waals surface area contributed by atoms with E-state index in [0.717, 1.165) is 15.8 Å². The molecule has 0 spiro atoms. The van der Waals surface area contributed by atoms with Crippen LogP contribution in [0.1, 0.15) is 24.1 Å². The van der Waals surface area contributed by atoms with Crippen LogP contribution in [0.25, 0.3) is 0 Å². The van der Waals surface area contributed by atoms with Crippen molar-refractivity contribution in [2.75, 3.05) is 6.61 Å². The third kappa shape index (κ3) is 4.03. The normalized spacial score (nSPS) is 12.2. The summed E-state index contributed by atoms with van der Waals surface area (Å²) in [6.45, 7) is 2.50. The zero-order valence-corrected chi connectivity index (χ0v) is 13.4. The van der Waals surface area contributed by atoms with Crippen molar-refractivity contribution in [3.05, 3.63) is 63.9 Å². The summed E-state index contributed by atoms with van der Waals surface area (Å²) in [5.74, 6) is 6.17. The molecule has 3 N–H and O–H groups in total. The van der Waals surface area contributed by atoms with Gasteiger partial charge in [-0.05, 0) is 37.1 Å². The van der Waals surface area contributed by atoms with E-state index in [0.29, 0.717) is 18.6 Å². The van der Waals surface area contributed by atoms with E-state index in [9.17, 15) is 4.39 Å². The molecule has 0 fully saturated rings. The smallest absolute Gasteiger partial charge is 0.127 e. The fourth-order valence-corrected chi connectivity index (χ4v) is 2.55. The summed E-state index contributed by atoms with van der Waals surface area (Å²) in [4.78, 5) is 0. The molecule has 0 heterocycles. The van der Waals surface area contributed by atoms with Gasteiger partial charge < -0.3 is 4.74 Å². The van der Waals surface area contributed by atoms with E-state index in [1.165, 1.54) is 6.07 Å². The molecule has 2 aromatic rings.